The van der Waals surface area contributed by atoms with E-state index in [0.29, 0.717) is 0 Å². The Morgan fingerprint density at radius 3 is 2.12 bits per heavy atom. The number of nitrogens with zero attached hydrogens (tertiary/aromatic N) is 3. The number of hydrogen-bond acceptors (Lipinski definition) is 2. The quantitative estimate of drug-likeness (QED) is 0.190. The second-order valence-electron chi connectivity index (χ2n) is 10.8. The molecule has 190 valence electrons. The SMILES string of the molecule is c1ccc(-n2c3ccccc3c3cc4c(cc32)c2nc3ccccc3n2c2ccc3sc5ccccc5c3c42)cc1. The van der Waals surface area contributed by atoms with Crippen molar-refractivity contribution in [3.05, 3.63) is 127 Å². The fourth-order valence-electron chi connectivity index (χ4n) is 6.98. The third-order valence-electron chi connectivity index (χ3n) is 8.66. The Labute approximate surface area is 238 Å². The number of pyridine rings is 1. The summed E-state index contributed by atoms with van der Waals surface area (Å²) in [6, 6.07) is 46.2. The van der Waals surface area contributed by atoms with Crippen LogP contribution < -0.4 is 0 Å². The maximum atomic E-state index is 5.24. The predicted octanol–water partition coefficient (Wildman–Crippen LogP) is 10.3. The van der Waals surface area contributed by atoms with Crippen molar-refractivity contribution >= 4 is 91.7 Å². The van der Waals surface area contributed by atoms with Gasteiger partial charge in [0.05, 0.1) is 27.6 Å². The summed E-state index contributed by atoms with van der Waals surface area (Å²) in [7, 11) is 0. The molecule has 0 bridgehead atoms. The highest BCUT2D eigenvalue weighted by Gasteiger charge is 2.21. The Balaban J connectivity index is 1.54. The minimum atomic E-state index is 0.999. The number of fused-ring (bicyclic) bond motifs is 15. The molecule has 0 atom stereocenters. The molecular weight excluding hydrogens is 518 g/mol. The van der Waals surface area contributed by atoms with Crippen LogP contribution in [0.5, 0.6) is 0 Å². The molecule has 10 aromatic rings. The summed E-state index contributed by atoms with van der Waals surface area (Å²) < 4.78 is 7.41. The summed E-state index contributed by atoms with van der Waals surface area (Å²) in [6.07, 6.45) is 0. The maximum Gasteiger partial charge on any atom is 0.146 e. The van der Waals surface area contributed by atoms with Gasteiger partial charge in [-0.05, 0) is 66.0 Å². The zero-order valence-electron chi connectivity index (χ0n) is 21.9. The molecule has 4 heterocycles. The zero-order chi connectivity index (χ0) is 26.7. The van der Waals surface area contributed by atoms with E-state index >= 15 is 0 Å². The standard InChI is InChI=1S/C37H21N3S/c1-2-10-22(11-3-1)39-29-15-7-4-12-23(29)25-20-26-27(21-32(25)39)37-38-28-14-6-8-16-30(28)40(37)31-18-19-34-36(35(26)31)24-13-5-9-17-33(24)41-34/h1-21H. The van der Waals surface area contributed by atoms with Crippen LogP contribution >= 0.6 is 11.3 Å². The molecule has 4 aromatic heterocycles. The number of hydrogen-bond donors (Lipinski definition) is 0. The van der Waals surface area contributed by atoms with Crippen LogP contribution in [0.2, 0.25) is 0 Å². The molecule has 6 aromatic carbocycles. The third-order valence-corrected chi connectivity index (χ3v) is 9.80. The van der Waals surface area contributed by atoms with Gasteiger partial charge in [-0.2, -0.15) is 0 Å². The minimum absolute atomic E-state index is 0.999. The van der Waals surface area contributed by atoms with Gasteiger partial charge in [-0.3, -0.25) is 4.40 Å². The van der Waals surface area contributed by atoms with E-state index < -0.39 is 0 Å². The van der Waals surface area contributed by atoms with E-state index in [2.05, 4.69) is 136 Å². The lowest BCUT2D eigenvalue weighted by Gasteiger charge is -2.12. The van der Waals surface area contributed by atoms with Crippen molar-refractivity contribution in [2.75, 3.05) is 0 Å². The Bertz CT molecular complexity index is 2690. The van der Waals surface area contributed by atoms with Crippen molar-refractivity contribution in [3.8, 4) is 5.69 Å². The fraction of sp³-hybridized carbons (Fsp3) is 0. The van der Waals surface area contributed by atoms with Gasteiger partial charge < -0.3 is 4.57 Å². The van der Waals surface area contributed by atoms with Crippen molar-refractivity contribution < 1.29 is 0 Å². The normalized spacial score (nSPS) is 12.4. The third kappa shape index (κ3) is 2.75. The molecule has 0 amide bonds. The van der Waals surface area contributed by atoms with Gasteiger partial charge in [0.2, 0.25) is 0 Å². The summed E-state index contributed by atoms with van der Waals surface area (Å²) in [5.74, 6) is 0. The summed E-state index contributed by atoms with van der Waals surface area (Å²) >= 11 is 1.87. The first-order valence-electron chi connectivity index (χ1n) is 13.9. The average molecular weight is 540 g/mol. The van der Waals surface area contributed by atoms with Crippen LogP contribution in [0.15, 0.2) is 127 Å². The molecule has 0 fully saturated rings. The van der Waals surface area contributed by atoms with Crippen molar-refractivity contribution in [1.82, 2.24) is 14.0 Å². The van der Waals surface area contributed by atoms with E-state index in [9.17, 15) is 0 Å². The van der Waals surface area contributed by atoms with Gasteiger partial charge in [-0.1, -0.05) is 66.7 Å². The highest BCUT2D eigenvalue weighted by molar-refractivity contribution is 7.26. The molecule has 41 heavy (non-hydrogen) atoms. The van der Waals surface area contributed by atoms with Crippen LogP contribution in [0.1, 0.15) is 0 Å². The largest absolute Gasteiger partial charge is 0.309 e. The van der Waals surface area contributed by atoms with Crippen molar-refractivity contribution in [2.45, 2.75) is 0 Å². The topological polar surface area (TPSA) is 22.2 Å². The molecule has 3 nitrogen and oxygen atoms in total. The molecule has 0 aliphatic rings. The summed E-state index contributed by atoms with van der Waals surface area (Å²) in [6.45, 7) is 0. The van der Waals surface area contributed by atoms with Crippen LogP contribution in [-0.2, 0) is 0 Å². The number of para-hydroxylation sites is 4. The summed E-state index contributed by atoms with van der Waals surface area (Å²) in [5, 5.41) is 8.88. The first-order valence-corrected chi connectivity index (χ1v) is 14.7. The Morgan fingerprint density at radius 2 is 1.22 bits per heavy atom. The number of rotatable bonds is 1. The van der Waals surface area contributed by atoms with Crippen molar-refractivity contribution in [2.24, 2.45) is 0 Å². The minimum Gasteiger partial charge on any atom is -0.309 e. The highest BCUT2D eigenvalue weighted by Crippen LogP contribution is 2.45. The molecule has 0 radical (unpaired) electrons. The lowest BCUT2D eigenvalue weighted by molar-refractivity contribution is 1.18. The summed E-state index contributed by atoms with van der Waals surface area (Å²) in [4.78, 5) is 5.24. The Hall–Kier alpha value is -5.19. The van der Waals surface area contributed by atoms with Crippen molar-refractivity contribution in [1.29, 1.82) is 0 Å². The van der Waals surface area contributed by atoms with Crippen LogP contribution in [0.25, 0.3) is 86.0 Å². The smallest absolute Gasteiger partial charge is 0.146 e. The summed E-state index contributed by atoms with van der Waals surface area (Å²) in [5.41, 5.74) is 7.92. The number of imidazole rings is 1. The fourth-order valence-corrected chi connectivity index (χ4v) is 8.09. The molecular formula is C37H21N3S. The van der Waals surface area contributed by atoms with E-state index in [1.165, 1.54) is 63.7 Å². The molecule has 0 saturated carbocycles. The highest BCUT2D eigenvalue weighted by atomic mass is 32.1. The molecule has 0 aliphatic carbocycles. The number of benzene rings is 6. The number of thiophene rings is 1. The van der Waals surface area contributed by atoms with E-state index in [1.54, 1.807) is 0 Å². The molecule has 0 unspecified atom stereocenters. The first-order chi connectivity index (χ1) is 20.3. The Morgan fingerprint density at radius 1 is 0.463 bits per heavy atom. The van der Waals surface area contributed by atoms with Gasteiger partial charge in [0.1, 0.15) is 5.65 Å². The average Bonchev–Trinajstić information content (AvgIpc) is 3.70. The van der Waals surface area contributed by atoms with Crippen LogP contribution in [0.4, 0.5) is 0 Å². The van der Waals surface area contributed by atoms with E-state index in [1.807, 2.05) is 11.3 Å². The van der Waals surface area contributed by atoms with E-state index in [0.717, 1.165) is 22.4 Å². The molecule has 0 spiro atoms. The van der Waals surface area contributed by atoms with Gasteiger partial charge in [0.15, 0.2) is 0 Å². The number of aromatic nitrogens is 3. The molecule has 0 N–H and O–H groups in total. The first kappa shape index (κ1) is 21.6. The second kappa shape index (κ2) is 7.72. The second-order valence-corrected chi connectivity index (χ2v) is 11.9. The van der Waals surface area contributed by atoms with Gasteiger partial charge in [-0.15, -0.1) is 11.3 Å². The van der Waals surface area contributed by atoms with Crippen LogP contribution in [0.3, 0.4) is 0 Å². The van der Waals surface area contributed by atoms with Gasteiger partial charge >= 0.3 is 0 Å². The monoisotopic (exact) mass is 539 g/mol. The van der Waals surface area contributed by atoms with Gasteiger partial charge in [-0.25, -0.2) is 4.98 Å². The van der Waals surface area contributed by atoms with E-state index in [-0.39, 0.29) is 0 Å². The molecule has 0 aliphatic heterocycles. The lowest BCUT2D eigenvalue weighted by atomic mass is 9.99. The predicted molar refractivity (Wildman–Crippen MR) is 175 cm³/mol. The molecule has 4 heteroatoms. The van der Waals surface area contributed by atoms with E-state index in [4.69, 9.17) is 4.98 Å². The van der Waals surface area contributed by atoms with Crippen LogP contribution in [0, 0.1) is 0 Å². The Kier molecular flexibility index (Phi) is 4.07. The van der Waals surface area contributed by atoms with Gasteiger partial charge in [0, 0.05) is 47.4 Å². The molecule has 10 rings (SSSR count). The molecule has 0 saturated heterocycles. The zero-order valence-corrected chi connectivity index (χ0v) is 22.7. The van der Waals surface area contributed by atoms with Crippen molar-refractivity contribution in [3.63, 3.8) is 0 Å². The lowest BCUT2D eigenvalue weighted by Crippen LogP contribution is -1.95. The maximum absolute atomic E-state index is 5.24. The van der Waals surface area contributed by atoms with Crippen LogP contribution in [-0.4, -0.2) is 14.0 Å². The van der Waals surface area contributed by atoms with Gasteiger partial charge in [0.25, 0.3) is 0 Å².